The number of amides is 2. The minimum Gasteiger partial charge on any atom is -0.508 e. The predicted molar refractivity (Wildman–Crippen MR) is 138 cm³/mol. The van der Waals surface area contributed by atoms with Crippen molar-refractivity contribution in [3.8, 4) is 27.4 Å². The fourth-order valence-corrected chi connectivity index (χ4v) is 6.61. The number of nitrogens with zero attached hydrogens (tertiary/aromatic N) is 3. The number of carbonyl (C=O) groups excluding carboxylic acids is 1. The van der Waals surface area contributed by atoms with Gasteiger partial charge in [0.15, 0.2) is 0 Å². The third kappa shape index (κ3) is 4.88. The van der Waals surface area contributed by atoms with Crippen molar-refractivity contribution in [1.29, 1.82) is 0 Å². The molecule has 0 saturated carbocycles. The average Bonchev–Trinajstić information content (AvgIpc) is 3.55. The summed E-state index contributed by atoms with van der Waals surface area (Å²) >= 11 is 1.12. The Morgan fingerprint density at radius 3 is 2.67 bits per heavy atom. The van der Waals surface area contributed by atoms with Crippen molar-refractivity contribution in [3.05, 3.63) is 72.9 Å². The summed E-state index contributed by atoms with van der Waals surface area (Å²) in [6.45, 7) is 2.23. The van der Waals surface area contributed by atoms with Crippen LogP contribution in [-0.2, 0) is 9.84 Å². The number of carbonyl (C=O) groups is 1. The predicted octanol–water partition coefficient (Wildman–Crippen LogP) is 3.85. The van der Waals surface area contributed by atoms with Crippen molar-refractivity contribution in [2.45, 2.75) is 9.10 Å². The summed E-state index contributed by atoms with van der Waals surface area (Å²) in [5.74, 6) is 0.456. The van der Waals surface area contributed by atoms with Gasteiger partial charge in [-0.1, -0.05) is 30.3 Å². The Kier molecular flexibility index (Phi) is 6.57. The topological polar surface area (TPSA) is 125 Å². The zero-order chi connectivity index (χ0) is 25.1. The molecule has 1 aliphatic heterocycles. The van der Waals surface area contributed by atoms with Crippen molar-refractivity contribution in [2.24, 2.45) is 0 Å². The number of hydrogen-bond acceptors (Lipinski definition) is 8. The standard InChI is InChI=1S/C25H23N5O4S2/c31-18-6-4-5-17(15-18)20-16-28-24(26-11-13-30-14-12-27-25(30)32)29-23(20)21-9-10-22(35-21)36(33,34)19-7-2-1-3-8-19/h1-10,15-16,31H,11-14H2,(H,27,32)(H,26,28,29). The lowest BCUT2D eigenvalue weighted by Gasteiger charge is -2.15. The van der Waals surface area contributed by atoms with Gasteiger partial charge in [0, 0.05) is 37.9 Å². The average molecular weight is 522 g/mol. The SMILES string of the molecule is O=C1NCCN1CCNc1ncc(-c2cccc(O)c2)c(-c2ccc(S(=O)(=O)c3ccccc3)s2)n1. The van der Waals surface area contributed by atoms with Crippen molar-refractivity contribution in [3.63, 3.8) is 0 Å². The third-order valence-corrected chi connectivity index (χ3v) is 9.04. The molecule has 0 aliphatic carbocycles. The number of urea groups is 1. The molecule has 5 rings (SSSR count). The van der Waals surface area contributed by atoms with Gasteiger partial charge < -0.3 is 20.6 Å². The molecule has 1 saturated heterocycles. The van der Waals surface area contributed by atoms with Crippen LogP contribution in [0.4, 0.5) is 10.7 Å². The van der Waals surface area contributed by atoms with Crippen LogP contribution in [0.2, 0.25) is 0 Å². The van der Waals surface area contributed by atoms with Crippen molar-refractivity contribution < 1.29 is 18.3 Å². The Balaban J connectivity index is 1.48. The molecular weight excluding hydrogens is 498 g/mol. The van der Waals surface area contributed by atoms with Crippen LogP contribution in [0.15, 0.2) is 82.0 Å². The number of phenolic OH excluding ortho intramolecular Hbond substituents is 1. The molecule has 4 aromatic rings. The van der Waals surface area contributed by atoms with E-state index in [1.807, 2.05) is 6.07 Å². The van der Waals surface area contributed by atoms with Crippen molar-refractivity contribution in [1.82, 2.24) is 20.2 Å². The van der Waals surface area contributed by atoms with E-state index >= 15 is 0 Å². The van der Waals surface area contributed by atoms with E-state index in [4.69, 9.17) is 4.98 Å². The molecular formula is C25H23N5O4S2. The highest BCUT2D eigenvalue weighted by atomic mass is 32.2. The van der Waals surface area contributed by atoms with Gasteiger partial charge in [0.05, 0.1) is 15.5 Å². The molecule has 9 nitrogen and oxygen atoms in total. The second kappa shape index (κ2) is 9.96. The molecule has 0 unspecified atom stereocenters. The van der Waals surface area contributed by atoms with Crippen LogP contribution in [0.1, 0.15) is 0 Å². The molecule has 36 heavy (non-hydrogen) atoms. The number of benzene rings is 2. The van der Waals surface area contributed by atoms with E-state index < -0.39 is 9.84 Å². The minimum atomic E-state index is -3.67. The van der Waals surface area contributed by atoms with Crippen LogP contribution in [0.25, 0.3) is 21.7 Å². The Morgan fingerprint density at radius 2 is 1.92 bits per heavy atom. The number of thiophene rings is 1. The summed E-state index contributed by atoms with van der Waals surface area (Å²) in [5, 5.41) is 15.9. The van der Waals surface area contributed by atoms with E-state index in [9.17, 15) is 18.3 Å². The highest BCUT2D eigenvalue weighted by molar-refractivity contribution is 7.93. The van der Waals surface area contributed by atoms with Crippen LogP contribution in [-0.4, -0.2) is 60.6 Å². The molecule has 3 N–H and O–H groups in total. The first-order valence-electron chi connectivity index (χ1n) is 11.3. The molecule has 3 heterocycles. The number of sulfone groups is 1. The number of aromatic hydroxyl groups is 1. The van der Waals surface area contributed by atoms with Gasteiger partial charge in [0.25, 0.3) is 0 Å². The maximum absolute atomic E-state index is 13.1. The van der Waals surface area contributed by atoms with Crippen LogP contribution >= 0.6 is 11.3 Å². The zero-order valence-electron chi connectivity index (χ0n) is 19.1. The normalized spacial score (nSPS) is 13.6. The minimum absolute atomic E-state index is 0.0941. The Morgan fingerprint density at radius 1 is 1.08 bits per heavy atom. The third-order valence-electron chi connectivity index (χ3n) is 5.69. The van der Waals surface area contributed by atoms with Crippen LogP contribution < -0.4 is 10.6 Å². The van der Waals surface area contributed by atoms with Crippen LogP contribution in [0, 0.1) is 0 Å². The molecule has 0 radical (unpaired) electrons. The summed E-state index contributed by atoms with van der Waals surface area (Å²) in [6, 6.07) is 18.2. The summed E-state index contributed by atoms with van der Waals surface area (Å²) in [4.78, 5) is 23.4. The number of nitrogens with one attached hydrogen (secondary N) is 2. The lowest BCUT2D eigenvalue weighted by molar-refractivity contribution is 0.219. The summed E-state index contributed by atoms with van der Waals surface area (Å²) < 4.78 is 26.5. The molecule has 11 heteroatoms. The van der Waals surface area contributed by atoms with Gasteiger partial charge in [0.2, 0.25) is 15.8 Å². The van der Waals surface area contributed by atoms with E-state index in [-0.39, 0.29) is 20.9 Å². The van der Waals surface area contributed by atoms with Crippen molar-refractivity contribution >= 4 is 33.2 Å². The fraction of sp³-hybridized carbons (Fsp3) is 0.160. The van der Waals surface area contributed by atoms with Crippen molar-refractivity contribution in [2.75, 3.05) is 31.5 Å². The highest BCUT2D eigenvalue weighted by Crippen LogP contribution is 2.38. The molecule has 184 valence electrons. The second-order valence-electron chi connectivity index (χ2n) is 8.09. The van der Waals surface area contributed by atoms with E-state index in [1.165, 1.54) is 0 Å². The Labute approximate surface area is 212 Å². The maximum Gasteiger partial charge on any atom is 0.317 e. The monoisotopic (exact) mass is 521 g/mol. The molecule has 1 fully saturated rings. The Bertz CT molecular complexity index is 1510. The van der Waals surface area contributed by atoms with Gasteiger partial charge >= 0.3 is 6.03 Å². The summed E-state index contributed by atoms with van der Waals surface area (Å²) in [5.41, 5.74) is 1.89. The number of rotatable bonds is 8. The van der Waals surface area contributed by atoms with Crippen LogP contribution in [0.3, 0.4) is 0 Å². The van der Waals surface area contributed by atoms with E-state index in [0.29, 0.717) is 53.8 Å². The second-order valence-corrected chi connectivity index (χ2v) is 11.3. The molecule has 2 aromatic heterocycles. The number of anilines is 1. The van der Waals surface area contributed by atoms with Crippen LogP contribution in [0.5, 0.6) is 5.75 Å². The van der Waals surface area contributed by atoms with Gasteiger partial charge in [0.1, 0.15) is 9.96 Å². The lowest BCUT2D eigenvalue weighted by atomic mass is 10.0. The van der Waals surface area contributed by atoms with Gasteiger partial charge in [-0.2, -0.15) is 0 Å². The number of phenols is 1. The molecule has 0 bridgehead atoms. The number of aromatic nitrogens is 2. The quantitative estimate of drug-likeness (QED) is 0.322. The van der Waals surface area contributed by atoms with Gasteiger partial charge in [-0.05, 0) is 42.0 Å². The zero-order valence-corrected chi connectivity index (χ0v) is 20.7. The molecule has 0 atom stereocenters. The first-order chi connectivity index (χ1) is 17.4. The lowest BCUT2D eigenvalue weighted by Crippen LogP contribution is -2.32. The fourth-order valence-electron chi connectivity index (χ4n) is 3.87. The highest BCUT2D eigenvalue weighted by Gasteiger charge is 2.22. The summed E-state index contributed by atoms with van der Waals surface area (Å²) in [7, 11) is -3.67. The Hall–Kier alpha value is -3.96. The smallest absolute Gasteiger partial charge is 0.317 e. The number of hydrogen-bond donors (Lipinski definition) is 3. The first-order valence-corrected chi connectivity index (χ1v) is 13.6. The molecule has 2 aromatic carbocycles. The van der Waals surface area contributed by atoms with Gasteiger partial charge in [-0.15, -0.1) is 11.3 Å². The summed E-state index contributed by atoms with van der Waals surface area (Å²) in [6.07, 6.45) is 1.65. The van der Waals surface area contributed by atoms with E-state index in [1.54, 1.807) is 71.8 Å². The first kappa shape index (κ1) is 23.8. The maximum atomic E-state index is 13.1. The van der Waals surface area contributed by atoms with Gasteiger partial charge in [-0.3, -0.25) is 0 Å². The van der Waals surface area contributed by atoms with Gasteiger partial charge in [-0.25, -0.2) is 23.2 Å². The molecule has 1 aliphatic rings. The molecule has 2 amide bonds. The molecule has 0 spiro atoms. The van der Waals surface area contributed by atoms with E-state index in [0.717, 1.165) is 11.3 Å². The largest absolute Gasteiger partial charge is 0.508 e. The van der Waals surface area contributed by atoms with E-state index in [2.05, 4.69) is 15.6 Å².